The summed E-state index contributed by atoms with van der Waals surface area (Å²) in [4.78, 5) is 31.0. The van der Waals surface area contributed by atoms with E-state index in [9.17, 15) is 17.6 Å². The number of likely N-dealkylation sites (tertiary alicyclic amines) is 1. The minimum Gasteiger partial charge on any atom is -0.496 e. The van der Waals surface area contributed by atoms with Gasteiger partial charge >= 0.3 is 5.97 Å². The highest BCUT2D eigenvalue weighted by molar-refractivity contribution is 7.90. The van der Waals surface area contributed by atoms with Gasteiger partial charge in [-0.25, -0.2) is 27.3 Å². The van der Waals surface area contributed by atoms with Gasteiger partial charge in [0.25, 0.3) is 0 Å². The molecule has 0 bridgehead atoms. The number of allylic oxidation sites excluding steroid dienone is 1. The molecule has 2 aromatic heterocycles. The van der Waals surface area contributed by atoms with Crippen molar-refractivity contribution in [2.45, 2.75) is 6.42 Å². The number of aromatic amines is 1. The molecule has 2 unspecified atom stereocenters. The lowest BCUT2D eigenvalue weighted by Gasteiger charge is -2.17. The first-order valence-corrected chi connectivity index (χ1v) is 13.7. The Balaban J connectivity index is 0.000000648. The average Bonchev–Trinajstić information content (AvgIpc) is 3.61. The van der Waals surface area contributed by atoms with Crippen molar-refractivity contribution in [1.82, 2.24) is 19.6 Å². The first-order chi connectivity index (χ1) is 18.5. The summed E-state index contributed by atoms with van der Waals surface area (Å²) in [5, 5.41) is 15.9. The van der Waals surface area contributed by atoms with Gasteiger partial charge in [-0.15, -0.1) is 0 Å². The summed E-state index contributed by atoms with van der Waals surface area (Å²) in [6.07, 6.45) is 4.62. The molecule has 1 aromatic carbocycles. The zero-order chi connectivity index (χ0) is 28.3. The van der Waals surface area contributed by atoms with Gasteiger partial charge in [-0.05, 0) is 66.8 Å². The van der Waals surface area contributed by atoms with Crippen LogP contribution in [0.5, 0.6) is 5.75 Å². The number of hydrogen-bond acceptors (Lipinski definition) is 7. The number of pyridine rings is 1. The van der Waals surface area contributed by atoms with E-state index < -0.39 is 28.4 Å². The number of aliphatic hydroxyl groups is 1. The number of fused-ring (bicyclic) bond motifs is 2. The number of aromatic nitrogens is 2. The number of rotatable bonds is 7. The number of benzene rings is 1. The third-order valence-electron chi connectivity index (χ3n) is 6.83. The second-order valence-electron chi connectivity index (χ2n) is 9.28. The zero-order valence-corrected chi connectivity index (χ0v) is 22.2. The molecule has 3 aromatic rings. The van der Waals surface area contributed by atoms with Gasteiger partial charge in [0.15, 0.2) is 0 Å². The Bertz CT molecular complexity index is 1540. The van der Waals surface area contributed by atoms with Crippen LogP contribution in [0.3, 0.4) is 0 Å². The molecule has 3 heterocycles. The van der Waals surface area contributed by atoms with E-state index in [0.29, 0.717) is 30.0 Å². The number of sulfonamides is 1. The fourth-order valence-corrected chi connectivity index (χ4v) is 5.62. The topological polar surface area (TPSA) is 162 Å². The molecule has 11 nitrogen and oxygen atoms in total. The second-order valence-corrected chi connectivity index (χ2v) is 11.2. The predicted octanol–water partition coefficient (Wildman–Crippen LogP) is 1.85. The van der Waals surface area contributed by atoms with Crippen LogP contribution in [0.1, 0.15) is 12.1 Å². The van der Waals surface area contributed by atoms with Gasteiger partial charge < -0.3 is 24.8 Å². The highest BCUT2D eigenvalue weighted by Crippen LogP contribution is 2.42. The highest BCUT2D eigenvalue weighted by Gasteiger charge is 2.39. The van der Waals surface area contributed by atoms with Crippen molar-refractivity contribution in [3.05, 3.63) is 54.1 Å². The molecule has 5 rings (SSSR count). The molecule has 1 fully saturated rings. The van der Waals surface area contributed by atoms with Gasteiger partial charge in [0.05, 0.1) is 7.11 Å². The summed E-state index contributed by atoms with van der Waals surface area (Å²) in [5.74, 6) is -1.43. The monoisotopic (exact) mass is 560 g/mol. The molecule has 4 N–H and O–H groups in total. The van der Waals surface area contributed by atoms with E-state index >= 15 is 0 Å². The summed E-state index contributed by atoms with van der Waals surface area (Å²) < 4.78 is 45.1. The van der Waals surface area contributed by atoms with Crippen LogP contribution in [0.4, 0.5) is 4.39 Å². The number of carboxylic acids is 1. The number of carbonyl (C=O) groups is 2. The van der Waals surface area contributed by atoms with Crippen molar-refractivity contribution in [3.63, 3.8) is 0 Å². The largest absolute Gasteiger partial charge is 0.496 e. The van der Waals surface area contributed by atoms with E-state index in [0.717, 1.165) is 28.6 Å². The fraction of sp³-hybridized carbons (Fsp3) is 0.346. The molecule has 1 saturated heterocycles. The van der Waals surface area contributed by atoms with Crippen molar-refractivity contribution in [2.24, 2.45) is 11.8 Å². The Morgan fingerprint density at radius 3 is 2.62 bits per heavy atom. The lowest BCUT2D eigenvalue weighted by atomic mass is 9.99. The summed E-state index contributed by atoms with van der Waals surface area (Å²) >= 11 is 0. The van der Waals surface area contributed by atoms with Crippen molar-refractivity contribution in [1.29, 1.82) is 0 Å². The Hall–Kier alpha value is -3.81. The Kier molecular flexibility index (Phi) is 8.33. The van der Waals surface area contributed by atoms with E-state index in [-0.39, 0.29) is 23.6 Å². The van der Waals surface area contributed by atoms with E-state index in [1.165, 1.54) is 19.2 Å². The number of aliphatic carboxylic acids is 1. The molecule has 1 aliphatic carbocycles. The molecular formula is C26H29FN4O7S. The molecule has 13 heteroatoms. The molecule has 208 valence electrons. The maximum absolute atomic E-state index is 14.0. The van der Waals surface area contributed by atoms with E-state index in [1.54, 1.807) is 24.3 Å². The van der Waals surface area contributed by atoms with Crippen LogP contribution in [0.25, 0.3) is 27.7 Å². The standard InChI is InChI=1S/C24H25FN4O4S.C2H4O3/c1-26-34(31,32)13-23(30)29-11-15-7-14(8-16(15)12-29)21-10-20-18(5-6-27-24(20)28-21)19-9-17(25)3-4-22(19)33-2;3-1-2(4)5/h3-7,9-10,15-16,26H,8,11-13H2,1-2H3,(H,27,28);3H,1H2,(H,4,5). The molecule has 1 aliphatic heterocycles. The van der Waals surface area contributed by atoms with Gasteiger partial charge in [-0.1, -0.05) is 6.08 Å². The third-order valence-corrected chi connectivity index (χ3v) is 8.08. The van der Waals surface area contributed by atoms with Gasteiger partial charge in [0.1, 0.15) is 29.6 Å². The number of carbonyl (C=O) groups excluding carboxylic acids is 1. The minimum atomic E-state index is -3.58. The van der Waals surface area contributed by atoms with Crippen LogP contribution in [-0.4, -0.2) is 85.0 Å². The molecular weight excluding hydrogens is 531 g/mol. The summed E-state index contributed by atoms with van der Waals surface area (Å²) in [7, 11) is -0.720. The highest BCUT2D eigenvalue weighted by atomic mass is 32.2. The number of carboxylic acid groups (broad SMARTS) is 1. The summed E-state index contributed by atoms with van der Waals surface area (Å²) in [6, 6.07) is 8.31. The van der Waals surface area contributed by atoms with E-state index in [1.807, 2.05) is 12.1 Å². The van der Waals surface area contributed by atoms with Gasteiger partial charge in [0, 0.05) is 35.9 Å². The predicted molar refractivity (Wildman–Crippen MR) is 142 cm³/mol. The maximum Gasteiger partial charge on any atom is 0.329 e. The van der Waals surface area contributed by atoms with Crippen LogP contribution in [-0.2, 0) is 19.6 Å². The number of methoxy groups -OCH3 is 1. The average molecular weight is 561 g/mol. The zero-order valence-electron chi connectivity index (χ0n) is 21.3. The first-order valence-electron chi connectivity index (χ1n) is 12.1. The fourth-order valence-electron chi connectivity index (χ4n) is 4.97. The number of halogens is 1. The van der Waals surface area contributed by atoms with Crippen LogP contribution in [0.2, 0.25) is 0 Å². The van der Waals surface area contributed by atoms with Crippen LogP contribution < -0.4 is 9.46 Å². The molecule has 0 spiro atoms. The lowest BCUT2D eigenvalue weighted by Crippen LogP contribution is -2.37. The van der Waals surface area contributed by atoms with Crippen molar-refractivity contribution in [3.8, 4) is 16.9 Å². The number of H-pyrrole nitrogens is 1. The number of ether oxygens (including phenoxy) is 1. The van der Waals surface area contributed by atoms with Crippen LogP contribution in [0, 0.1) is 17.7 Å². The van der Waals surface area contributed by atoms with E-state index in [2.05, 4.69) is 20.8 Å². The molecule has 2 atom stereocenters. The smallest absolute Gasteiger partial charge is 0.329 e. The summed E-state index contributed by atoms with van der Waals surface area (Å²) in [5.41, 5.74) is 4.26. The second kappa shape index (κ2) is 11.5. The van der Waals surface area contributed by atoms with Gasteiger partial charge in [-0.3, -0.25) is 4.79 Å². The number of nitrogens with zero attached hydrogens (tertiary/aromatic N) is 2. The normalized spacial score (nSPS) is 18.4. The van der Waals surface area contributed by atoms with Crippen molar-refractivity contribution in [2.75, 3.05) is 39.6 Å². The lowest BCUT2D eigenvalue weighted by molar-refractivity contribution is -0.140. The Labute approximate surface area is 224 Å². The van der Waals surface area contributed by atoms with Crippen molar-refractivity contribution < 1.29 is 37.3 Å². The SMILES string of the molecule is CNS(=O)(=O)CC(=O)N1CC2C=C(c3cc4c(-c5cc(F)ccc5OC)ccnc4[nH]3)CC2C1.O=C(O)CO. The maximum atomic E-state index is 14.0. The molecule has 0 saturated carbocycles. The Morgan fingerprint density at radius 1 is 1.23 bits per heavy atom. The van der Waals surface area contributed by atoms with Gasteiger partial charge in [-0.2, -0.15) is 0 Å². The molecule has 0 radical (unpaired) electrons. The van der Waals surface area contributed by atoms with Crippen LogP contribution >= 0.6 is 0 Å². The third kappa shape index (κ3) is 6.27. The number of aliphatic hydroxyl groups excluding tert-OH is 1. The van der Waals surface area contributed by atoms with Crippen molar-refractivity contribution >= 4 is 38.5 Å². The molecule has 39 heavy (non-hydrogen) atoms. The summed E-state index contributed by atoms with van der Waals surface area (Å²) in [6.45, 7) is 0.267. The van der Waals surface area contributed by atoms with Gasteiger partial charge in [0.2, 0.25) is 15.9 Å². The first kappa shape index (κ1) is 28.2. The number of hydrogen-bond donors (Lipinski definition) is 4. The van der Waals surface area contributed by atoms with Crippen LogP contribution in [0.15, 0.2) is 42.6 Å². The number of amides is 1. The minimum absolute atomic E-state index is 0.179. The Morgan fingerprint density at radius 2 is 1.97 bits per heavy atom. The quantitative estimate of drug-likeness (QED) is 0.340. The van der Waals surface area contributed by atoms with E-state index in [4.69, 9.17) is 19.7 Å². The molecule has 2 aliphatic rings. The number of nitrogens with one attached hydrogen (secondary N) is 2. The molecule has 1 amide bonds.